The maximum atomic E-state index is 11.9. The Morgan fingerprint density at radius 1 is 1.53 bits per heavy atom. The topological polar surface area (TPSA) is 53.2 Å². The number of carbonyl (C=O) groups is 1. The predicted molar refractivity (Wildman–Crippen MR) is 58.9 cm³/mol. The summed E-state index contributed by atoms with van der Waals surface area (Å²) in [6.07, 6.45) is 2.97. The largest absolute Gasteiger partial charge is 0.367 e. The van der Waals surface area contributed by atoms with E-state index >= 15 is 0 Å². The van der Waals surface area contributed by atoms with E-state index < -0.39 is 0 Å². The lowest BCUT2D eigenvalue weighted by molar-refractivity contribution is 0.0715. The highest BCUT2D eigenvalue weighted by atomic mass is 16.2. The molecule has 0 saturated heterocycles. The first-order valence-electron chi connectivity index (χ1n) is 5.06. The van der Waals surface area contributed by atoms with Crippen LogP contribution in [0, 0.1) is 0 Å². The summed E-state index contributed by atoms with van der Waals surface area (Å²) >= 11 is 0. The van der Waals surface area contributed by atoms with Gasteiger partial charge in [-0.05, 0) is 20.8 Å². The van der Waals surface area contributed by atoms with Crippen molar-refractivity contribution in [3.63, 3.8) is 0 Å². The van der Waals surface area contributed by atoms with Gasteiger partial charge in [-0.15, -0.1) is 0 Å². The van der Waals surface area contributed by atoms with Crippen LogP contribution in [-0.2, 0) is 0 Å². The van der Waals surface area contributed by atoms with Crippen LogP contribution in [0.15, 0.2) is 23.3 Å². The first-order chi connectivity index (χ1) is 7.07. The van der Waals surface area contributed by atoms with Gasteiger partial charge in [-0.2, -0.15) is 0 Å². The zero-order valence-corrected chi connectivity index (χ0v) is 9.28. The molecule has 1 heterocycles. The van der Waals surface area contributed by atoms with Crippen LogP contribution in [0.1, 0.15) is 31.1 Å². The number of hydrogen-bond donors (Lipinski definition) is 1. The van der Waals surface area contributed by atoms with Gasteiger partial charge in [-0.25, -0.2) is 0 Å². The first kappa shape index (κ1) is 11.5. The van der Waals surface area contributed by atoms with Crippen LogP contribution in [0.3, 0.4) is 0 Å². The lowest BCUT2D eigenvalue weighted by atomic mass is 10.2. The molecule has 0 aliphatic rings. The van der Waals surface area contributed by atoms with Crippen molar-refractivity contribution in [1.29, 1.82) is 0 Å². The Hall–Kier alpha value is -1.58. The van der Waals surface area contributed by atoms with Crippen molar-refractivity contribution in [3.8, 4) is 0 Å². The minimum Gasteiger partial charge on any atom is -0.367 e. The normalized spacial score (nSPS) is 10.4. The molecule has 0 spiro atoms. The fourth-order valence-corrected chi connectivity index (χ4v) is 1.48. The molecule has 0 atom stereocenters. The highest BCUT2D eigenvalue weighted by Crippen LogP contribution is 2.03. The fraction of sp³-hybridized carbons (Fsp3) is 0.455. The van der Waals surface area contributed by atoms with Crippen molar-refractivity contribution in [1.82, 2.24) is 9.88 Å². The number of pyridine rings is 1. The van der Waals surface area contributed by atoms with Gasteiger partial charge in [-0.3, -0.25) is 9.59 Å². The number of carbonyl (C=O) groups excluding carboxylic acids is 1. The molecule has 4 nitrogen and oxygen atoms in total. The molecule has 1 amide bonds. The van der Waals surface area contributed by atoms with Crippen LogP contribution in [0.25, 0.3) is 0 Å². The summed E-state index contributed by atoms with van der Waals surface area (Å²) in [5.41, 5.74) is -0.0362. The predicted octanol–water partition coefficient (Wildman–Crippen LogP) is 1.25. The standard InChI is InChI=1S/C11H16N2O2/c1-4-13(8(2)3)11(15)9-7-12-6-5-10(9)14/h5-8H,4H2,1-3H3,(H,12,14). The second-order valence-corrected chi connectivity index (χ2v) is 3.61. The molecule has 1 rings (SSSR count). The Labute approximate surface area is 88.9 Å². The lowest BCUT2D eigenvalue weighted by Gasteiger charge is -2.24. The van der Waals surface area contributed by atoms with E-state index in [9.17, 15) is 9.59 Å². The molecule has 1 N–H and O–H groups in total. The zero-order valence-electron chi connectivity index (χ0n) is 9.28. The third-order valence-corrected chi connectivity index (χ3v) is 2.28. The van der Waals surface area contributed by atoms with Crippen molar-refractivity contribution >= 4 is 5.91 Å². The number of nitrogens with zero attached hydrogens (tertiary/aromatic N) is 1. The van der Waals surface area contributed by atoms with Crippen LogP contribution in [-0.4, -0.2) is 28.4 Å². The SMILES string of the molecule is CCN(C(=O)c1c[nH]ccc1=O)C(C)C. The third-order valence-electron chi connectivity index (χ3n) is 2.28. The third kappa shape index (κ3) is 2.46. The van der Waals surface area contributed by atoms with E-state index in [4.69, 9.17) is 0 Å². The molecule has 82 valence electrons. The molecule has 0 fully saturated rings. The maximum absolute atomic E-state index is 11.9. The van der Waals surface area contributed by atoms with E-state index in [1.165, 1.54) is 18.5 Å². The summed E-state index contributed by atoms with van der Waals surface area (Å²) in [6, 6.07) is 1.46. The highest BCUT2D eigenvalue weighted by Gasteiger charge is 2.18. The van der Waals surface area contributed by atoms with Crippen molar-refractivity contribution in [2.24, 2.45) is 0 Å². The molecule has 0 aromatic carbocycles. The number of aromatic amines is 1. The Kier molecular flexibility index (Phi) is 3.66. The van der Waals surface area contributed by atoms with Gasteiger partial charge in [0.1, 0.15) is 5.56 Å². The summed E-state index contributed by atoms with van der Waals surface area (Å²) in [7, 11) is 0. The summed E-state index contributed by atoms with van der Waals surface area (Å²) in [4.78, 5) is 27.8. The van der Waals surface area contributed by atoms with E-state index in [2.05, 4.69) is 4.98 Å². The van der Waals surface area contributed by atoms with E-state index in [-0.39, 0.29) is 22.9 Å². The van der Waals surface area contributed by atoms with E-state index in [1.54, 1.807) is 4.90 Å². The molecule has 1 aromatic heterocycles. The molecule has 0 aliphatic heterocycles. The van der Waals surface area contributed by atoms with E-state index in [0.29, 0.717) is 6.54 Å². The molecular formula is C11H16N2O2. The van der Waals surface area contributed by atoms with Gasteiger partial charge < -0.3 is 9.88 Å². The number of rotatable bonds is 3. The summed E-state index contributed by atoms with van der Waals surface area (Å²) in [5.74, 6) is -0.214. The van der Waals surface area contributed by atoms with Crippen LogP contribution in [0.2, 0.25) is 0 Å². The monoisotopic (exact) mass is 208 g/mol. The van der Waals surface area contributed by atoms with Crippen LogP contribution < -0.4 is 5.43 Å². The molecule has 0 radical (unpaired) electrons. The van der Waals surface area contributed by atoms with Gasteiger partial charge in [0, 0.05) is 31.0 Å². The van der Waals surface area contributed by atoms with Gasteiger partial charge in [0.2, 0.25) is 0 Å². The molecule has 0 saturated carbocycles. The maximum Gasteiger partial charge on any atom is 0.259 e. The van der Waals surface area contributed by atoms with Crippen LogP contribution >= 0.6 is 0 Å². The second kappa shape index (κ2) is 4.77. The Balaban J connectivity index is 3.04. The van der Waals surface area contributed by atoms with Crippen LogP contribution in [0.4, 0.5) is 0 Å². The van der Waals surface area contributed by atoms with Crippen molar-refractivity contribution in [3.05, 3.63) is 34.2 Å². The highest BCUT2D eigenvalue weighted by molar-refractivity contribution is 5.93. The molecule has 0 unspecified atom stereocenters. The number of aromatic nitrogens is 1. The smallest absolute Gasteiger partial charge is 0.259 e. The van der Waals surface area contributed by atoms with Gasteiger partial charge in [0.05, 0.1) is 0 Å². The van der Waals surface area contributed by atoms with Crippen LogP contribution in [0.5, 0.6) is 0 Å². The van der Waals surface area contributed by atoms with Gasteiger partial charge in [-0.1, -0.05) is 0 Å². The first-order valence-corrected chi connectivity index (χ1v) is 5.06. The van der Waals surface area contributed by atoms with Gasteiger partial charge >= 0.3 is 0 Å². The number of nitrogens with one attached hydrogen (secondary N) is 1. The van der Waals surface area contributed by atoms with Crippen molar-refractivity contribution in [2.45, 2.75) is 26.8 Å². The zero-order chi connectivity index (χ0) is 11.4. The summed E-state index contributed by atoms with van der Waals surface area (Å²) < 4.78 is 0. The number of hydrogen-bond acceptors (Lipinski definition) is 2. The Morgan fingerprint density at radius 3 is 2.67 bits per heavy atom. The molecular weight excluding hydrogens is 192 g/mol. The molecule has 1 aromatic rings. The lowest BCUT2D eigenvalue weighted by Crippen LogP contribution is -2.38. The molecule has 0 aliphatic carbocycles. The Bertz CT molecular complexity index is 396. The Morgan fingerprint density at radius 2 is 2.20 bits per heavy atom. The minimum atomic E-state index is -0.238. The molecule has 15 heavy (non-hydrogen) atoms. The second-order valence-electron chi connectivity index (χ2n) is 3.61. The summed E-state index contributed by atoms with van der Waals surface area (Å²) in [6.45, 7) is 6.36. The van der Waals surface area contributed by atoms with Gasteiger partial charge in [0.25, 0.3) is 5.91 Å². The van der Waals surface area contributed by atoms with Crippen molar-refractivity contribution < 1.29 is 4.79 Å². The van der Waals surface area contributed by atoms with Gasteiger partial charge in [0.15, 0.2) is 5.43 Å². The average Bonchev–Trinajstić information content (AvgIpc) is 2.18. The summed E-state index contributed by atoms with van der Waals surface area (Å²) in [5, 5.41) is 0. The number of amides is 1. The number of H-pyrrole nitrogens is 1. The fourth-order valence-electron chi connectivity index (χ4n) is 1.48. The van der Waals surface area contributed by atoms with E-state index in [0.717, 1.165) is 0 Å². The molecule has 0 bridgehead atoms. The molecule has 4 heteroatoms. The van der Waals surface area contributed by atoms with Crippen molar-refractivity contribution in [2.75, 3.05) is 6.54 Å². The quantitative estimate of drug-likeness (QED) is 0.812. The minimum absolute atomic E-state index is 0.0992. The average molecular weight is 208 g/mol. The van der Waals surface area contributed by atoms with E-state index in [1.807, 2.05) is 20.8 Å².